The molecule has 1 saturated carbocycles. The predicted molar refractivity (Wildman–Crippen MR) is 72.8 cm³/mol. The molecule has 0 bridgehead atoms. The lowest BCUT2D eigenvalue weighted by Gasteiger charge is -2.12. The fourth-order valence-electron chi connectivity index (χ4n) is 2.54. The molecule has 2 rings (SSSR count). The molecule has 1 aromatic rings. The minimum Gasteiger partial charge on any atom is -0.385 e. The zero-order valence-electron chi connectivity index (χ0n) is 10.6. The summed E-state index contributed by atoms with van der Waals surface area (Å²) in [4.78, 5) is 0.155. The Hall–Kier alpha value is -1.07. The van der Waals surface area contributed by atoms with Gasteiger partial charge in [-0.05, 0) is 48.9 Å². The fourth-order valence-corrected chi connectivity index (χ4v) is 3.05. The Morgan fingerprint density at radius 3 is 2.44 bits per heavy atom. The van der Waals surface area contributed by atoms with E-state index >= 15 is 0 Å². The van der Waals surface area contributed by atoms with Crippen LogP contribution in [0.15, 0.2) is 29.2 Å². The SMILES string of the molecule is CC1CCC(CNc2ccc(S(N)(=O)=O)cc2)C1. The maximum atomic E-state index is 11.1. The lowest BCUT2D eigenvalue weighted by Crippen LogP contribution is -2.13. The zero-order valence-corrected chi connectivity index (χ0v) is 11.4. The van der Waals surface area contributed by atoms with Crippen LogP contribution in [-0.2, 0) is 10.0 Å². The molecular formula is C13H20N2O2S. The lowest BCUT2D eigenvalue weighted by atomic mass is 10.1. The number of benzene rings is 1. The summed E-state index contributed by atoms with van der Waals surface area (Å²) in [5.41, 5.74) is 0.946. The van der Waals surface area contributed by atoms with Crippen molar-refractivity contribution in [3.63, 3.8) is 0 Å². The first kappa shape index (κ1) is 13.4. The zero-order chi connectivity index (χ0) is 13.2. The van der Waals surface area contributed by atoms with Gasteiger partial charge in [0.05, 0.1) is 4.90 Å². The number of anilines is 1. The summed E-state index contributed by atoms with van der Waals surface area (Å²) in [7, 11) is -3.59. The van der Waals surface area contributed by atoms with Crippen LogP contribution in [-0.4, -0.2) is 15.0 Å². The summed E-state index contributed by atoms with van der Waals surface area (Å²) < 4.78 is 22.2. The maximum absolute atomic E-state index is 11.1. The highest BCUT2D eigenvalue weighted by Crippen LogP contribution is 2.30. The first-order chi connectivity index (χ1) is 8.45. The number of nitrogens with two attached hydrogens (primary N) is 1. The van der Waals surface area contributed by atoms with Crippen LogP contribution in [0.25, 0.3) is 0 Å². The molecule has 2 atom stereocenters. The third-order valence-electron chi connectivity index (χ3n) is 3.58. The molecule has 1 aromatic carbocycles. The van der Waals surface area contributed by atoms with Crippen molar-refractivity contribution < 1.29 is 8.42 Å². The van der Waals surface area contributed by atoms with Crippen molar-refractivity contribution in [2.45, 2.75) is 31.1 Å². The van der Waals surface area contributed by atoms with Gasteiger partial charge in [0.1, 0.15) is 0 Å². The van der Waals surface area contributed by atoms with E-state index in [9.17, 15) is 8.42 Å². The molecular weight excluding hydrogens is 248 g/mol. The van der Waals surface area contributed by atoms with E-state index in [-0.39, 0.29) is 4.90 Å². The Labute approximate surface area is 109 Å². The molecule has 0 aromatic heterocycles. The van der Waals surface area contributed by atoms with Gasteiger partial charge in [-0.3, -0.25) is 0 Å². The van der Waals surface area contributed by atoms with Gasteiger partial charge in [0, 0.05) is 12.2 Å². The molecule has 1 fully saturated rings. The van der Waals surface area contributed by atoms with Gasteiger partial charge in [-0.25, -0.2) is 13.6 Å². The van der Waals surface area contributed by atoms with E-state index in [1.54, 1.807) is 12.1 Å². The van der Waals surface area contributed by atoms with Crippen LogP contribution in [0.5, 0.6) is 0 Å². The largest absolute Gasteiger partial charge is 0.385 e. The average Bonchev–Trinajstić information content (AvgIpc) is 2.72. The first-order valence-electron chi connectivity index (χ1n) is 6.32. The molecule has 2 unspecified atom stereocenters. The predicted octanol–water partition coefficient (Wildman–Crippen LogP) is 2.18. The van der Waals surface area contributed by atoms with Crippen LogP contribution in [0, 0.1) is 11.8 Å². The van der Waals surface area contributed by atoms with Crippen LogP contribution in [0.1, 0.15) is 26.2 Å². The van der Waals surface area contributed by atoms with Gasteiger partial charge < -0.3 is 5.32 Å². The summed E-state index contributed by atoms with van der Waals surface area (Å²) in [6, 6.07) is 6.60. The van der Waals surface area contributed by atoms with Gasteiger partial charge >= 0.3 is 0 Å². The van der Waals surface area contributed by atoms with Crippen LogP contribution in [0.2, 0.25) is 0 Å². The molecule has 4 nitrogen and oxygen atoms in total. The van der Waals surface area contributed by atoms with E-state index < -0.39 is 10.0 Å². The molecule has 1 aliphatic carbocycles. The van der Waals surface area contributed by atoms with Crippen LogP contribution in [0.4, 0.5) is 5.69 Å². The van der Waals surface area contributed by atoms with Crippen molar-refractivity contribution in [3.05, 3.63) is 24.3 Å². The molecule has 100 valence electrons. The Morgan fingerprint density at radius 1 is 1.28 bits per heavy atom. The van der Waals surface area contributed by atoms with Crippen molar-refractivity contribution in [1.82, 2.24) is 0 Å². The third-order valence-corrected chi connectivity index (χ3v) is 4.51. The maximum Gasteiger partial charge on any atom is 0.238 e. The van der Waals surface area contributed by atoms with Gasteiger partial charge in [0.15, 0.2) is 0 Å². The monoisotopic (exact) mass is 268 g/mol. The highest BCUT2D eigenvalue weighted by atomic mass is 32.2. The summed E-state index contributed by atoms with van der Waals surface area (Å²) in [6.45, 7) is 3.25. The molecule has 0 aliphatic heterocycles. The Kier molecular flexibility index (Phi) is 3.92. The van der Waals surface area contributed by atoms with Crippen LogP contribution in [0.3, 0.4) is 0 Å². The van der Waals surface area contributed by atoms with Crippen molar-refractivity contribution in [1.29, 1.82) is 0 Å². The lowest BCUT2D eigenvalue weighted by molar-refractivity contribution is 0.537. The van der Waals surface area contributed by atoms with E-state index in [0.29, 0.717) is 0 Å². The Morgan fingerprint density at radius 2 is 1.94 bits per heavy atom. The molecule has 3 N–H and O–H groups in total. The van der Waals surface area contributed by atoms with Crippen LogP contribution < -0.4 is 10.5 Å². The van der Waals surface area contributed by atoms with E-state index in [1.165, 1.54) is 31.4 Å². The van der Waals surface area contributed by atoms with Crippen molar-refractivity contribution >= 4 is 15.7 Å². The topological polar surface area (TPSA) is 72.2 Å². The highest BCUT2D eigenvalue weighted by molar-refractivity contribution is 7.89. The third kappa shape index (κ3) is 3.46. The number of nitrogens with one attached hydrogen (secondary N) is 1. The first-order valence-corrected chi connectivity index (χ1v) is 7.86. The number of hydrogen-bond acceptors (Lipinski definition) is 3. The second kappa shape index (κ2) is 5.28. The molecule has 0 amide bonds. The summed E-state index contributed by atoms with van der Waals surface area (Å²) in [5.74, 6) is 1.57. The highest BCUT2D eigenvalue weighted by Gasteiger charge is 2.20. The van der Waals surface area contributed by atoms with E-state index in [2.05, 4.69) is 12.2 Å². The molecule has 1 aliphatic rings. The minimum absolute atomic E-state index is 0.155. The van der Waals surface area contributed by atoms with Gasteiger partial charge in [-0.2, -0.15) is 0 Å². The second-order valence-electron chi connectivity index (χ2n) is 5.23. The average molecular weight is 268 g/mol. The second-order valence-corrected chi connectivity index (χ2v) is 6.80. The van der Waals surface area contributed by atoms with Gasteiger partial charge in [0.2, 0.25) is 10.0 Å². The van der Waals surface area contributed by atoms with E-state index in [1.807, 2.05) is 0 Å². The standard InChI is InChI=1S/C13H20N2O2S/c1-10-2-3-11(8-10)9-15-12-4-6-13(7-5-12)18(14,16)17/h4-7,10-11,15H,2-3,8-9H2,1H3,(H2,14,16,17). The number of hydrogen-bond donors (Lipinski definition) is 2. The van der Waals surface area contributed by atoms with Gasteiger partial charge in [-0.15, -0.1) is 0 Å². The summed E-state index contributed by atoms with van der Waals surface area (Å²) in [6.07, 6.45) is 3.88. The molecule has 0 spiro atoms. The quantitative estimate of drug-likeness (QED) is 0.879. The summed E-state index contributed by atoms with van der Waals surface area (Å²) in [5, 5.41) is 8.40. The molecule has 18 heavy (non-hydrogen) atoms. The molecule has 5 heteroatoms. The van der Waals surface area contributed by atoms with Gasteiger partial charge in [-0.1, -0.05) is 13.3 Å². The Bertz CT molecular complexity index is 496. The number of sulfonamides is 1. The van der Waals surface area contributed by atoms with Crippen molar-refractivity contribution in [2.75, 3.05) is 11.9 Å². The molecule has 0 saturated heterocycles. The summed E-state index contributed by atoms with van der Waals surface area (Å²) >= 11 is 0. The smallest absolute Gasteiger partial charge is 0.238 e. The normalized spacial score (nSPS) is 24.1. The minimum atomic E-state index is -3.59. The van der Waals surface area contributed by atoms with Crippen LogP contribution >= 0.6 is 0 Å². The molecule has 0 radical (unpaired) electrons. The Balaban J connectivity index is 1.91. The van der Waals surface area contributed by atoms with E-state index in [0.717, 1.165) is 24.1 Å². The number of rotatable bonds is 4. The van der Waals surface area contributed by atoms with Gasteiger partial charge in [0.25, 0.3) is 0 Å². The molecule has 0 heterocycles. The fraction of sp³-hybridized carbons (Fsp3) is 0.538. The number of primary sulfonamides is 1. The van der Waals surface area contributed by atoms with E-state index in [4.69, 9.17) is 5.14 Å². The van der Waals surface area contributed by atoms with Crippen molar-refractivity contribution in [3.8, 4) is 0 Å². The van der Waals surface area contributed by atoms with Crippen molar-refractivity contribution in [2.24, 2.45) is 17.0 Å².